The summed E-state index contributed by atoms with van der Waals surface area (Å²) in [4.78, 5) is 23.7. The second kappa shape index (κ2) is 12.3. The van der Waals surface area contributed by atoms with Gasteiger partial charge in [0.1, 0.15) is 23.7 Å². The molecular formula is C25H29Cl2FN6O2. The number of carbonyl (C=O) groups excluding carboxylic acids is 1. The molecule has 11 heteroatoms. The largest absolute Gasteiger partial charge is 0.494 e. The monoisotopic (exact) mass is 534 g/mol. The number of anilines is 3. The number of rotatable bonds is 7. The highest BCUT2D eigenvalue weighted by molar-refractivity contribution is 6.31. The van der Waals surface area contributed by atoms with Crippen LogP contribution in [0.25, 0.3) is 10.9 Å². The molecule has 0 saturated carbocycles. The molecule has 0 aliphatic carbocycles. The molecule has 8 nitrogen and oxygen atoms in total. The van der Waals surface area contributed by atoms with Gasteiger partial charge in [-0.25, -0.2) is 14.4 Å². The number of amides is 1. The van der Waals surface area contributed by atoms with Crippen LogP contribution in [0.3, 0.4) is 0 Å². The first-order valence-electron chi connectivity index (χ1n) is 11.3. The number of carbonyl (C=O) groups is 1. The van der Waals surface area contributed by atoms with E-state index in [0.717, 1.165) is 13.1 Å². The van der Waals surface area contributed by atoms with Gasteiger partial charge in [0, 0.05) is 54.9 Å². The van der Waals surface area contributed by atoms with Crippen molar-refractivity contribution >= 4 is 58.0 Å². The standard InChI is InChI=1S/C25H28ClFN6O2.ClH/c1-15-12-28-13-16(2)33(15)8-4-5-24(34)32-22-10-18-21(11-23(22)35-3)29-14-30-25(18)31-17-6-7-20(27)19(26)9-17;/h4-7,9-11,14-16,28H,8,12-13H2,1-3H3,(H,32,34)(H,29,30,31);1H/b5-4+;. The Morgan fingerprint density at radius 2 is 2.00 bits per heavy atom. The Morgan fingerprint density at radius 3 is 2.69 bits per heavy atom. The van der Waals surface area contributed by atoms with Gasteiger partial charge in [-0.15, -0.1) is 12.4 Å². The van der Waals surface area contributed by atoms with Gasteiger partial charge >= 0.3 is 0 Å². The number of nitrogens with one attached hydrogen (secondary N) is 3. The van der Waals surface area contributed by atoms with Crippen molar-refractivity contribution < 1.29 is 13.9 Å². The van der Waals surface area contributed by atoms with Crippen molar-refractivity contribution in [2.45, 2.75) is 25.9 Å². The molecule has 1 aromatic heterocycles. The number of ether oxygens (including phenoxy) is 1. The molecule has 3 N–H and O–H groups in total. The Hall–Kier alpha value is -2.98. The number of hydrogen-bond acceptors (Lipinski definition) is 7. The number of nitrogens with zero attached hydrogens (tertiary/aromatic N) is 3. The number of piperazine rings is 1. The van der Waals surface area contributed by atoms with E-state index in [9.17, 15) is 9.18 Å². The van der Waals surface area contributed by atoms with Crippen molar-refractivity contribution in [1.29, 1.82) is 0 Å². The van der Waals surface area contributed by atoms with Crippen LogP contribution in [0, 0.1) is 5.82 Å². The molecule has 1 fully saturated rings. The minimum atomic E-state index is -0.506. The van der Waals surface area contributed by atoms with Gasteiger partial charge in [-0.3, -0.25) is 9.69 Å². The van der Waals surface area contributed by atoms with Gasteiger partial charge in [0.15, 0.2) is 0 Å². The quantitative estimate of drug-likeness (QED) is 0.376. The van der Waals surface area contributed by atoms with Crippen molar-refractivity contribution in [3.63, 3.8) is 0 Å². The maximum Gasteiger partial charge on any atom is 0.248 e. The third-order valence-corrected chi connectivity index (χ3v) is 6.28. The van der Waals surface area contributed by atoms with E-state index >= 15 is 0 Å². The van der Waals surface area contributed by atoms with E-state index in [4.69, 9.17) is 16.3 Å². The van der Waals surface area contributed by atoms with Crippen molar-refractivity contribution in [1.82, 2.24) is 20.2 Å². The number of fused-ring (bicyclic) bond motifs is 1. The highest BCUT2D eigenvalue weighted by atomic mass is 35.5. The average Bonchev–Trinajstić information content (AvgIpc) is 2.83. The fourth-order valence-electron chi connectivity index (χ4n) is 4.15. The average molecular weight is 535 g/mol. The van der Waals surface area contributed by atoms with Crippen LogP contribution in [0.4, 0.5) is 21.6 Å². The smallest absolute Gasteiger partial charge is 0.248 e. The van der Waals surface area contributed by atoms with E-state index < -0.39 is 5.82 Å². The van der Waals surface area contributed by atoms with Gasteiger partial charge < -0.3 is 20.7 Å². The Balaban J connectivity index is 0.00000361. The molecule has 0 radical (unpaired) electrons. The van der Waals surface area contributed by atoms with E-state index in [0.29, 0.717) is 52.5 Å². The molecule has 0 spiro atoms. The van der Waals surface area contributed by atoms with E-state index in [-0.39, 0.29) is 23.3 Å². The molecule has 36 heavy (non-hydrogen) atoms. The molecule has 1 amide bonds. The first kappa shape index (κ1) is 27.6. The van der Waals surface area contributed by atoms with Crippen molar-refractivity contribution in [3.8, 4) is 5.75 Å². The van der Waals surface area contributed by atoms with Gasteiger partial charge in [-0.2, -0.15) is 0 Å². The number of benzene rings is 2. The third-order valence-electron chi connectivity index (χ3n) is 5.99. The predicted molar refractivity (Wildman–Crippen MR) is 144 cm³/mol. The first-order chi connectivity index (χ1) is 16.9. The molecule has 0 bridgehead atoms. The lowest BCUT2D eigenvalue weighted by atomic mass is 10.1. The topological polar surface area (TPSA) is 91.4 Å². The third kappa shape index (κ3) is 6.41. The molecule has 2 atom stereocenters. The summed E-state index contributed by atoms with van der Waals surface area (Å²) in [5.74, 6) is 0.175. The van der Waals surface area contributed by atoms with Crippen LogP contribution in [-0.2, 0) is 4.79 Å². The molecule has 3 aromatic rings. The molecule has 2 aromatic carbocycles. The summed E-state index contributed by atoms with van der Waals surface area (Å²) in [5.41, 5.74) is 1.66. The van der Waals surface area contributed by atoms with Crippen LogP contribution >= 0.6 is 24.0 Å². The molecule has 1 aliphatic heterocycles. The number of methoxy groups -OCH3 is 1. The molecule has 192 valence electrons. The first-order valence-corrected chi connectivity index (χ1v) is 11.7. The normalized spacial score (nSPS) is 18.1. The minimum Gasteiger partial charge on any atom is -0.494 e. The van der Waals surface area contributed by atoms with E-state index in [2.05, 4.69) is 44.7 Å². The molecule has 1 saturated heterocycles. The van der Waals surface area contributed by atoms with Crippen LogP contribution < -0.4 is 20.7 Å². The zero-order valence-corrected chi connectivity index (χ0v) is 21.8. The number of hydrogen-bond donors (Lipinski definition) is 3. The molecule has 2 unspecified atom stereocenters. The van der Waals surface area contributed by atoms with Crippen LogP contribution in [0.2, 0.25) is 5.02 Å². The maximum absolute atomic E-state index is 13.5. The van der Waals surface area contributed by atoms with Gasteiger partial charge in [0.25, 0.3) is 0 Å². The zero-order valence-electron chi connectivity index (χ0n) is 20.2. The van der Waals surface area contributed by atoms with Crippen LogP contribution in [0.15, 0.2) is 48.8 Å². The molecule has 2 heterocycles. The van der Waals surface area contributed by atoms with E-state index in [1.54, 1.807) is 18.2 Å². The number of aromatic nitrogens is 2. The summed E-state index contributed by atoms with van der Waals surface area (Å²) in [5, 5.41) is 10.1. The zero-order chi connectivity index (χ0) is 24.9. The Morgan fingerprint density at radius 1 is 1.25 bits per heavy atom. The Bertz CT molecular complexity index is 1250. The van der Waals surface area contributed by atoms with Crippen molar-refractivity contribution in [3.05, 3.63) is 59.7 Å². The summed E-state index contributed by atoms with van der Waals surface area (Å²) < 4.78 is 19.0. The van der Waals surface area contributed by atoms with Crippen molar-refractivity contribution in [2.24, 2.45) is 0 Å². The van der Waals surface area contributed by atoms with Gasteiger partial charge in [0.05, 0.1) is 23.3 Å². The SMILES string of the molecule is COc1cc2ncnc(Nc3ccc(F)c(Cl)c3)c2cc1NC(=O)/C=C/CN1C(C)CNCC1C.Cl. The fourth-order valence-corrected chi connectivity index (χ4v) is 4.33. The minimum absolute atomic E-state index is 0. The van der Waals surface area contributed by atoms with Gasteiger partial charge in [-0.05, 0) is 38.1 Å². The highest BCUT2D eigenvalue weighted by Gasteiger charge is 2.23. The lowest BCUT2D eigenvalue weighted by Crippen LogP contribution is -2.54. The Labute approximate surface area is 220 Å². The lowest BCUT2D eigenvalue weighted by Gasteiger charge is -2.38. The summed E-state index contributed by atoms with van der Waals surface area (Å²) >= 11 is 5.90. The summed E-state index contributed by atoms with van der Waals surface area (Å²) in [6.45, 7) is 6.89. The molecular weight excluding hydrogens is 506 g/mol. The molecule has 1 aliphatic rings. The summed E-state index contributed by atoms with van der Waals surface area (Å²) in [7, 11) is 1.53. The maximum atomic E-state index is 13.5. The predicted octanol–water partition coefficient (Wildman–Crippen LogP) is 4.77. The fraction of sp³-hybridized carbons (Fsp3) is 0.320. The van der Waals surface area contributed by atoms with Gasteiger partial charge in [0.2, 0.25) is 5.91 Å². The second-order valence-corrected chi connectivity index (χ2v) is 8.90. The second-order valence-electron chi connectivity index (χ2n) is 8.49. The lowest BCUT2D eigenvalue weighted by molar-refractivity contribution is -0.111. The Kier molecular flexibility index (Phi) is 9.44. The van der Waals surface area contributed by atoms with E-state index in [1.165, 1.54) is 31.6 Å². The highest BCUT2D eigenvalue weighted by Crippen LogP contribution is 2.33. The van der Waals surface area contributed by atoms with Crippen LogP contribution in [-0.4, -0.2) is 59.6 Å². The van der Waals surface area contributed by atoms with Crippen LogP contribution in [0.1, 0.15) is 13.8 Å². The van der Waals surface area contributed by atoms with Gasteiger partial charge in [-0.1, -0.05) is 17.7 Å². The van der Waals surface area contributed by atoms with E-state index in [1.807, 2.05) is 6.08 Å². The summed E-state index contributed by atoms with van der Waals surface area (Å²) in [6.07, 6.45) is 4.82. The number of halogens is 3. The summed E-state index contributed by atoms with van der Waals surface area (Å²) in [6, 6.07) is 8.57. The van der Waals surface area contributed by atoms with Crippen LogP contribution in [0.5, 0.6) is 5.75 Å². The molecule has 4 rings (SSSR count). The van der Waals surface area contributed by atoms with Crippen molar-refractivity contribution in [2.75, 3.05) is 37.4 Å².